The molecule has 0 spiro atoms. The lowest BCUT2D eigenvalue weighted by atomic mass is 10.3. The number of nitrogens with one attached hydrogen (secondary N) is 1. The first-order valence-corrected chi connectivity index (χ1v) is 6.58. The number of piperazine rings is 1. The van der Waals surface area contributed by atoms with Gasteiger partial charge in [0.2, 0.25) is 0 Å². The Morgan fingerprint density at radius 3 is 2.35 bits per heavy atom. The van der Waals surface area contributed by atoms with E-state index in [0.717, 1.165) is 0 Å². The fourth-order valence-electron chi connectivity index (χ4n) is 1.88. The third-order valence-electron chi connectivity index (χ3n) is 2.98. The van der Waals surface area contributed by atoms with Crippen LogP contribution in [0.4, 0.5) is 4.79 Å². The molecule has 20 heavy (non-hydrogen) atoms. The lowest BCUT2D eigenvalue weighted by molar-refractivity contribution is -0.154. The Hall–Kier alpha value is -1.83. The minimum Gasteiger partial charge on any atom is -0.459 e. The maximum atomic E-state index is 11.3. The topological polar surface area (TPSA) is 88.2 Å². The minimum atomic E-state index is -0.858. The van der Waals surface area contributed by atoms with Crippen LogP contribution in [0.3, 0.4) is 0 Å². The van der Waals surface area contributed by atoms with Gasteiger partial charge in [-0.05, 0) is 6.92 Å². The minimum absolute atomic E-state index is 0.182. The first-order chi connectivity index (χ1) is 9.58. The van der Waals surface area contributed by atoms with E-state index in [1.807, 2.05) is 0 Å². The van der Waals surface area contributed by atoms with Crippen molar-refractivity contribution in [3.63, 3.8) is 0 Å². The maximum absolute atomic E-state index is 11.3. The van der Waals surface area contributed by atoms with Gasteiger partial charge in [-0.25, -0.2) is 9.59 Å². The van der Waals surface area contributed by atoms with E-state index >= 15 is 0 Å². The zero-order valence-electron chi connectivity index (χ0n) is 11.9. The van der Waals surface area contributed by atoms with E-state index in [9.17, 15) is 14.4 Å². The van der Waals surface area contributed by atoms with E-state index in [0.29, 0.717) is 39.3 Å². The van der Waals surface area contributed by atoms with E-state index in [1.54, 1.807) is 11.8 Å². The Morgan fingerprint density at radius 1 is 1.15 bits per heavy atom. The zero-order chi connectivity index (χ0) is 15.0. The summed E-state index contributed by atoms with van der Waals surface area (Å²) in [6, 6.07) is 0. The summed E-state index contributed by atoms with van der Waals surface area (Å²) in [4.78, 5) is 37.4. The molecule has 0 unspecified atom stereocenters. The van der Waals surface area contributed by atoms with Crippen molar-refractivity contribution >= 4 is 18.0 Å². The van der Waals surface area contributed by atoms with Gasteiger partial charge in [0, 0.05) is 39.3 Å². The van der Waals surface area contributed by atoms with Gasteiger partial charge in [-0.1, -0.05) is 0 Å². The average molecular weight is 287 g/mol. The summed E-state index contributed by atoms with van der Waals surface area (Å²) in [7, 11) is 1.36. The molecule has 1 aliphatic rings. The highest BCUT2D eigenvalue weighted by Gasteiger charge is 2.21. The van der Waals surface area contributed by atoms with Gasteiger partial charge in [-0.3, -0.25) is 9.69 Å². The molecular weight excluding hydrogens is 266 g/mol. The van der Waals surface area contributed by atoms with Gasteiger partial charge in [-0.2, -0.15) is 0 Å². The number of methoxy groups -OCH3 is 1. The van der Waals surface area contributed by atoms with Crippen LogP contribution in [0.1, 0.15) is 6.92 Å². The Morgan fingerprint density at radius 2 is 1.80 bits per heavy atom. The average Bonchev–Trinajstić information content (AvgIpc) is 2.47. The van der Waals surface area contributed by atoms with Crippen LogP contribution in [0, 0.1) is 0 Å². The molecule has 0 atom stereocenters. The van der Waals surface area contributed by atoms with Crippen LogP contribution in [0.25, 0.3) is 0 Å². The van der Waals surface area contributed by atoms with Crippen molar-refractivity contribution in [1.82, 2.24) is 15.1 Å². The van der Waals surface area contributed by atoms with Gasteiger partial charge in [0.1, 0.15) is 0 Å². The summed E-state index contributed by atoms with van der Waals surface area (Å²) < 4.78 is 9.22. The molecule has 0 saturated carbocycles. The molecule has 0 aromatic rings. The van der Waals surface area contributed by atoms with Gasteiger partial charge in [-0.15, -0.1) is 0 Å². The summed E-state index contributed by atoms with van der Waals surface area (Å²) in [5.41, 5.74) is 0. The standard InChI is InChI=1S/C12H21N3O5/c1-3-20-11(17)10(16)13-4-5-14-6-8-15(9-7-14)12(18)19-2/h3-9H2,1-2H3,(H,13,16). The molecule has 0 aromatic carbocycles. The van der Waals surface area contributed by atoms with Crippen molar-refractivity contribution in [3.05, 3.63) is 0 Å². The zero-order valence-corrected chi connectivity index (χ0v) is 11.9. The van der Waals surface area contributed by atoms with E-state index in [4.69, 9.17) is 0 Å². The summed E-state index contributed by atoms with van der Waals surface area (Å²) in [6.07, 6.45) is -0.319. The lowest BCUT2D eigenvalue weighted by Crippen LogP contribution is -2.50. The maximum Gasteiger partial charge on any atom is 0.409 e. The van der Waals surface area contributed by atoms with Gasteiger partial charge in [0.25, 0.3) is 0 Å². The Balaban J connectivity index is 2.17. The van der Waals surface area contributed by atoms with Crippen LogP contribution in [0.5, 0.6) is 0 Å². The smallest absolute Gasteiger partial charge is 0.409 e. The largest absolute Gasteiger partial charge is 0.459 e. The molecule has 2 amide bonds. The molecular formula is C12H21N3O5. The number of hydrogen-bond acceptors (Lipinski definition) is 6. The molecule has 1 N–H and O–H groups in total. The van der Waals surface area contributed by atoms with Crippen molar-refractivity contribution < 1.29 is 23.9 Å². The number of rotatable bonds is 4. The third kappa shape index (κ3) is 5.04. The number of amides is 2. The van der Waals surface area contributed by atoms with Crippen LogP contribution in [-0.2, 0) is 19.1 Å². The third-order valence-corrected chi connectivity index (χ3v) is 2.98. The first-order valence-electron chi connectivity index (χ1n) is 6.58. The predicted molar refractivity (Wildman–Crippen MR) is 70.1 cm³/mol. The first kappa shape index (κ1) is 16.2. The number of carbonyl (C=O) groups excluding carboxylic acids is 3. The summed E-state index contributed by atoms with van der Waals surface area (Å²) in [6.45, 7) is 5.44. The molecule has 0 bridgehead atoms. The van der Waals surface area contributed by atoms with Crippen molar-refractivity contribution in [2.45, 2.75) is 6.92 Å². The summed E-state index contributed by atoms with van der Waals surface area (Å²) in [5, 5.41) is 2.50. The van der Waals surface area contributed by atoms with Crippen LogP contribution < -0.4 is 5.32 Å². The van der Waals surface area contributed by atoms with Crippen LogP contribution in [0.2, 0.25) is 0 Å². The van der Waals surface area contributed by atoms with Crippen LogP contribution in [0.15, 0.2) is 0 Å². The highest BCUT2D eigenvalue weighted by atomic mass is 16.5. The number of ether oxygens (including phenoxy) is 2. The van der Waals surface area contributed by atoms with Gasteiger partial charge in [0.15, 0.2) is 0 Å². The fourth-order valence-corrected chi connectivity index (χ4v) is 1.88. The van der Waals surface area contributed by atoms with E-state index in [1.165, 1.54) is 7.11 Å². The SMILES string of the molecule is CCOC(=O)C(=O)NCCN1CCN(C(=O)OC)CC1. The van der Waals surface area contributed by atoms with Crippen LogP contribution in [-0.4, -0.2) is 80.8 Å². The van der Waals surface area contributed by atoms with E-state index < -0.39 is 11.9 Å². The van der Waals surface area contributed by atoms with Gasteiger partial charge in [0.05, 0.1) is 13.7 Å². The second-order valence-electron chi connectivity index (χ2n) is 4.28. The fraction of sp³-hybridized carbons (Fsp3) is 0.750. The van der Waals surface area contributed by atoms with E-state index in [-0.39, 0.29) is 12.7 Å². The number of esters is 1. The second kappa shape index (κ2) is 8.36. The summed E-state index contributed by atoms with van der Waals surface area (Å²) in [5.74, 6) is -1.58. The van der Waals surface area contributed by atoms with Crippen molar-refractivity contribution in [2.75, 3.05) is 53.0 Å². The molecule has 114 valence electrons. The molecule has 0 aromatic heterocycles. The number of hydrogen-bond donors (Lipinski definition) is 1. The quantitative estimate of drug-likeness (QED) is 0.530. The molecule has 0 aliphatic carbocycles. The summed E-state index contributed by atoms with van der Waals surface area (Å²) >= 11 is 0. The number of nitrogens with zero attached hydrogens (tertiary/aromatic N) is 2. The predicted octanol–water partition coefficient (Wildman–Crippen LogP) is -0.950. The van der Waals surface area contributed by atoms with Crippen molar-refractivity contribution in [2.24, 2.45) is 0 Å². The van der Waals surface area contributed by atoms with E-state index in [2.05, 4.69) is 19.7 Å². The van der Waals surface area contributed by atoms with Crippen molar-refractivity contribution in [1.29, 1.82) is 0 Å². The molecule has 0 radical (unpaired) electrons. The van der Waals surface area contributed by atoms with Crippen molar-refractivity contribution in [3.8, 4) is 0 Å². The Labute approximate surface area is 118 Å². The monoisotopic (exact) mass is 287 g/mol. The molecule has 1 saturated heterocycles. The lowest BCUT2D eigenvalue weighted by Gasteiger charge is -2.33. The second-order valence-corrected chi connectivity index (χ2v) is 4.28. The number of carbonyl (C=O) groups is 3. The molecule has 1 heterocycles. The Kier molecular flexibility index (Phi) is 6.78. The Bertz CT molecular complexity index is 353. The normalized spacial score (nSPS) is 15.6. The van der Waals surface area contributed by atoms with Gasteiger partial charge < -0.3 is 19.7 Å². The molecule has 8 heteroatoms. The van der Waals surface area contributed by atoms with Crippen LogP contribution >= 0.6 is 0 Å². The molecule has 1 rings (SSSR count). The van der Waals surface area contributed by atoms with Gasteiger partial charge >= 0.3 is 18.0 Å². The molecule has 8 nitrogen and oxygen atoms in total. The highest BCUT2D eigenvalue weighted by molar-refractivity contribution is 6.32. The highest BCUT2D eigenvalue weighted by Crippen LogP contribution is 2.02. The molecule has 1 aliphatic heterocycles. The molecule has 1 fully saturated rings.